The lowest BCUT2D eigenvalue weighted by Gasteiger charge is -2.21. The highest BCUT2D eigenvalue weighted by molar-refractivity contribution is 4.63. The van der Waals surface area contributed by atoms with Crippen molar-refractivity contribution in [1.82, 2.24) is 4.90 Å². The van der Waals surface area contributed by atoms with Crippen molar-refractivity contribution in [2.24, 2.45) is 5.73 Å². The monoisotopic (exact) mass is 188 g/mol. The third kappa shape index (κ3) is 6.99. The Kier molecular flexibility index (Phi) is 8.40. The Labute approximate surface area is 81.9 Å². The van der Waals surface area contributed by atoms with Crippen LogP contribution >= 0.6 is 0 Å². The smallest absolute Gasteiger partial charge is 0.0583 e. The highest BCUT2D eigenvalue weighted by Crippen LogP contribution is 1.97. The molecule has 1 unspecified atom stereocenters. The summed E-state index contributed by atoms with van der Waals surface area (Å²) in [6.45, 7) is 7.72. The van der Waals surface area contributed by atoms with Gasteiger partial charge in [-0.25, -0.2) is 0 Å². The van der Waals surface area contributed by atoms with E-state index in [1.54, 1.807) is 0 Å². The summed E-state index contributed by atoms with van der Waals surface area (Å²) in [5.41, 5.74) is 5.63. The molecule has 0 saturated heterocycles. The maximum Gasteiger partial charge on any atom is 0.0583 e. The molecule has 0 aliphatic heterocycles. The third-order valence-corrected chi connectivity index (χ3v) is 2.33. The van der Waals surface area contributed by atoms with Crippen molar-refractivity contribution in [2.75, 3.05) is 26.2 Å². The first-order valence-electron chi connectivity index (χ1n) is 5.33. The van der Waals surface area contributed by atoms with Crippen molar-refractivity contribution >= 4 is 0 Å². The van der Waals surface area contributed by atoms with Crippen molar-refractivity contribution in [1.29, 1.82) is 0 Å². The molecule has 0 aliphatic carbocycles. The highest BCUT2D eigenvalue weighted by Gasteiger charge is 2.04. The highest BCUT2D eigenvalue weighted by atomic mass is 16.3. The summed E-state index contributed by atoms with van der Waals surface area (Å²) in [4.78, 5) is 2.39. The molecule has 0 saturated carbocycles. The van der Waals surface area contributed by atoms with Crippen molar-refractivity contribution < 1.29 is 5.11 Å². The second kappa shape index (κ2) is 8.48. The molecule has 3 nitrogen and oxygen atoms in total. The van der Waals surface area contributed by atoms with Gasteiger partial charge in [0.25, 0.3) is 0 Å². The molecule has 0 aliphatic rings. The molecule has 3 heteroatoms. The van der Waals surface area contributed by atoms with Crippen LogP contribution in [0.5, 0.6) is 0 Å². The molecule has 0 fully saturated rings. The van der Waals surface area contributed by atoms with E-state index in [4.69, 9.17) is 10.8 Å². The number of nitrogens with zero attached hydrogens (tertiary/aromatic N) is 1. The van der Waals surface area contributed by atoms with Crippen molar-refractivity contribution in [2.45, 2.75) is 39.2 Å². The summed E-state index contributed by atoms with van der Waals surface area (Å²) in [6, 6.07) is -0.0457. The van der Waals surface area contributed by atoms with E-state index in [-0.39, 0.29) is 12.6 Å². The van der Waals surface area contributed by atoms with Gasteiger partial charge in [-0.3, -0.25) is 0 Å². The van der Waals surface area contributed by atoms with Crippen molar-refractivity contribution in [3.63, 3.8) is 0 Å². The zero-order chi connectivity index (χ0) is 10.1. The predicted octanol–water partition coefficient (Wildman–Crippen LogP) is 0.818. The summed E-state index contributed by atoms with van der Waals surface area (Å²) in [7, 11) is 0. The summed E-state index contributed by atoms with van der Waals surface area (Å²) < 4.78 is 0. The van der Waals surface area contributed by atoms with Crippen LogP contribution in [0, 0.1) is 0 Å². The van der Waals surface area contributed by atoms with Gasteiger partial charge in [0.1, 0.15) is 0 Å². The Bertz CT molecular complexity index is 109. The van der Waals surface area contributed by atoms with Gasteiger partial charge in [0.15, 0.2) is 0 Å². The van der Waals surface area contributed by atoms with Gasteiger partial charge in [-0.1, -0.05) is 20.3 Å². The summed E-state index contributed by atoms with van der Waals surface area (Å²) >= 11 is 0. The van der Waals surface area contributed by atoms with E-state index < -0.39 is 0 Å². The SMILES string of the molecule is CCCCN(CC)CCC(N)CO. The van der Waals surface area contributed by atoms with E-state index in [0.717, 1.165) is 26.1 Å². The van der Waals surface area contributed by atoms with Gasteiger partial charge in [-0.2, -0.15) is 0 Å². The molecule has 13 heavy (non-hydrogen) atoms. The number of hydrogen-bond acceptors (Lipinski definition) is 3. The molecule has 0 aromatic carbocycles. The van der Waals surface area contributed by atoms with Crippen LogP contribution in [0.3, 0.4) is 0 Å². The second-order valence-electron chi connectivity index (χ2n) is 3.52. The number of aliphatic hydroxyl groups is 1. The minimum Gasteiger partial charge on any atom is -0.395 e. The fourth-order valence-corrected chi connectivity index (χ4v) is 1.25. The van der Waals surface area contributed by atoms with E-state index in [1.165, 1.54) is 12.8 Å². The van der Waals surface area contributed by atoms with E-state index in [0.29, 0.717) is 0 Å². The van der Waals surface area contributed by atoms with Crippen LogP contribution in [0.1, 0.15) is 33.1 Å². The van der Waals surface area contributed by atoms with E-state index >= 15 is 0 Å². The van der Waals surface area contributed by atoms with E-state index in [9.17, 15) is 0 Å². The first kappa shape index (κ1) is 12.9. The average molecular weight is 188 g/mol. The van der Waals surface area contributed by atoms with Crippen LogP contribution in [0.2, 0.25) is 0 Å². The number of unbranched alkanes of at least 4 members (excludes halogenated alkanes) is 1. The van der Waals surface area contributed by atoms with Gasteiger partial charge in [0.2, 0.25) is 0 Å². The molecule has 0 rings (SSSR count). The van der Waals surface area contributed by atoms with Crippen LogP contribution in [0.4, 0.5) is 0 Å². The zero-order valence-corrected chi connectivity index (χ0v) is 9.00. The third-order valence-electron chi connectivity index (χ3n) is 2.33. The summed E-state index contributed by atoms with van der Waals surface area (Å²) in [5, 5.41) is 8.75. The van der Waals surface area contributed by atoms with Crippen LogP contribution in [0.15, 0.2) is 0 Å². The quantitative estimate of drug-likeness (QED) is 0.593. The lowest BCUT2D eigenvalue weighted by Crippen LogP contribution is -2.33. The van der Waals surface area contributed by atoms with Crippen LogP contribution in [-0.2, 0) is 0 Å². The van der Waals surface area contributed by atoms with Crippen molar-refractivity contribution in [3.05, 3.63) is 0 Å². The molecule has 0 aromatic heterocycles. The molecule has 80 valence electrons. The Hall–Kier alpha value is -0.120. The first-order chi connectivity index (χ1) is 6.24. The van der Waals surface area contributed by atoms with Crippen LogP contribution in [-0.4, -0.2) is 42.3 Å². The number of aliphatic hydroxyl groups excluding tert-OH is 1. The lowest BCUT2D eigenvalue weighted by atomic mass is 10.2. The molecule has 0 bridgehead atoms. The molecular weight excluding hydrogens is 164 g/mol. The Morgan fingerprint density at radius 1 is 1.31 bits per heavy atom. The van der Waals surface area contributed by atoms with Gasteiger partial charge in [-0.15, -0.1) is 0 Å². The largest absolute Gasteiger partial charge is 0.395 e. The minimum absolute atomic E-state index is 0.0457. The normalized spacial score (nSPS) is 13.6. The van der Waals surface area contributed by atoms with Gasteiger partial charge in [0.05, 0.1) is 6.61 Å². The number of rotatable bonds is 8. The fourth-order valence-electron chi connectivity index (χ4n) is 1.25. The van der Waals surface area contributed by atoms with Gasteiger partial charge >= 0.3 is 0 Å². The predicted molar refractivity (Wildman–Crippen MR) is 56.7 cm³/mol. The number of nitrogens with two attached hydrogens (primary N) is 1. The fraction of sp³-hybridized carbons (Fsp3) is 1.00. The summed E-state index contributed by atoms with van der Waals surface area (Å²) in [6.07, 6.45) is 3.39. The first-order valence-corrected chi connectivity index (χ1v) is 5.33. The molecule has 0 heterocycles. The molecular formula is C10H24N2O. The maximum absolute atomic E-state index is 8.75. The molecule has 0 amide bonds. The van der Waals surface area contributed by atoms with Gasteiger partial charge < -0.3 is 15.7 Å². The van der Waals surface area contributed by atoms with Crippen LogP contribution < -0.4 is 5.73 Å². The Balaban J connectivity index is 3.46. The molecule has 0 aromatic rings. The average Bonchev–Trinajstić information content (AvgIpc) is 2.17. The lowest BCUT2D eigenvalue weighted by molar-refractivity contribution is 0.227. The molecule has 3 N–H and O–H groups in total. The van der Waals surface area contributed by atoms with E-state index in [2.05, 4.69) is 18.7 Å². The molecule has 0 spiro atoms. The molecule has 0 radical (unpaired) electrons. The topological polar surface area (TPSA) is 49.5 Å². The van der Waals surface area contributed by atoms with Gasteiger partial charge in [-0.05, 0) is 32.5 Å². The maximum atomic E-state index is 8.75. The number of hydrogen-bond donors (Lipinski definition) is 2. The standard InChI is InChI=1S/C10H24N2O/c1-3-5-7-12(4-2)8-6-10(11)9-13/h10,13H,3-9,11H2,1-2H3. The zero-order valence-electron chi connectivity index (χ0n) is 9.00. The Morgan fingerprint density at radius 3 is 2.46 bits per heavy atom. The van der Waals surface area contributed by atoms with Crippen LogP contribution in [0.25, 0.3) is 0 Å². The minimum atomic E-state index is -0.0457. The molecule has 1 atom stereocenters. The summed E-state index contributed by atoms with van der Waals surface area (Å²) in [5.74, 6) is 0. The van der Waals surface area contributed by atoms with Crippen molar-refractivity contribution in [3.8, 4) is 0 Å². The van der Waals surface area contributed by atoms with E-state index in [1.807, 2.05) is 0 Å². The second-order valence-corrected chi connectivity index (χ2v) is 3.52. The Morgan fingerprint density at radius 2 is 2.00 bits per heavy atom. The van der Waals surface area contributed by atoms with Gasteiger partial charge in [0, 0.05) is 6.04 Å².